The molecular formula is C24H33N3O3. The Labute approximate surface area is 179 Å². The number of amides is 1. The number of nitrogens with zero attached hydrogens (tertiary/aromatic N) is 2. The van der Waals surface area contributed by atoms with Crippen LogP contribution in [0.5, 0.6) is 5.75 Å². The van der Waals surface area contributed by atoms with Crippen molar-refractivity contribution in [3.63, 3.8) is 0 Å². The Morgan fingerprint density at radius 3 is 2.93 bits per heavy atom. The van der Waals surface area contributed by atoms with E-state index in [1.165, 1.54) is 24.8 Å². The Balaban J connectivity index is 1.36. The normalized spacial score (nSPS) is 25.1. The molecule has 2 fully saturated rings. The Morgan fingerprint density at radius 1 is 1.23 bits per heavy atom. The van der Waals surface area contributed by atoms with Gasteiger partial charge in [0, 0.05) is 31.1 Å². The van der Waals surface area contributed by atoms with E-state index >= 15 is 0 Å². The summed E-state index contributed by atoms with van der Waals surface area (Å²) in [5.74, 6) is 1.92. The summed E-state index contributed by atoms with van der Waals surface area (Å²) in [6, 6.07) is 10.3. The van der Waals surface area contributed by atoms with Crippen molar-refractivity contribution in [2.24, 2.45) is 5.92 Å². The van der Waals surface area contributed by atoms with Crippen LogP contribution in [0.25, 0.3) is 0 Å². The Kier molecular flexibility index (Phi) is 6.72. The van der Waals surface area contributed by atoms with Gasteiger partial charge in [0.15, 0.2) is 0 Å². The molecule has 1 aliphatic carbocycles. The second-order valence-electron chi connectivity index (χ2n) is 8.88. The van der Waals surface area contributed by atoms with E-state index in [0.717, 1.165) is 50.3 Å². The van der Waals surface area contributed by atoms with E-state index in [2.05, 4.69) is 34.4 Å². The van der Waals surface area contributed by atoms with Crippen LogP contribution in [-0.2, 0) is 6.54 Å². The van der Waals surface area contributed by atoms with Crippen molar-refractivity contribution in [2.75, 3.05) is 20.2 Å². The lowest BCUT2D eigenvalue weighted by Crippen LogP contribution is -2.40. The second-order valence-corrected chi connectivity index (χ2v) is 8.88. The number of benzene rings is 1. The first-order valence-electron chi connectivity index (χ1n) is 11.2. The maximum Gasteiger partial charge on any atom is 0.290 e. The lowest BCUT2D eigenvalue weighted by atomic mass is 9.86. The van der Waals surface area contributed by atoms with Crippen LogP contribution in [0.3, 0.4) is 0 Å². The highest BCUT2D eigenvalue weighted by Gasteiger charge is 2.28. The molecule has 162 valence electrons. The van der Waals surface area contributed by atoms with Gasteiger partial charge in [-0.25, -0.2) is 0 Å². The quantitative estimate of drug-likeness (QED) is 0.764. The lowest BCUT2D eigenvalue weighted by Gasteiger charge is -2.31. The molecule has 1 aliphatic heterocycles. The molecular weight excluding hydrogens is 378 g/mol. The minimum Gasteiger partial charge on any atom is -0.497 e. The molecule has 1 aromatic heterocycles. The minimum atomic E-state index is -0.128. The number of likely N-dealkylation sites (tertiary alicyclic amines) is 1. The number of piperidine rings is 1. The number of nitrogens with one attached hydrogen (secondary N) is 1. The highest BCUT2D eigenvalue weighted by molar-refractivity contribution is 5.91. The van der Waals surface area contributed by atoms with Crippen LogP contribution in [0.4, 0.5) is 0 Å². The van der Waals surface area contributed by atoms with Crippen LogP contribution < -0.4 is 10.1 Å². The standard InChI is InChI=1S/C24H33N3O3/c1-17-7-3-4-11-21(17)25-24(28)23-14-22(26-30-23)19-9-6-12-27(16-19)15-18-8-5-10-20(13-18)29-2/h5,8,10,13-14,17,19,21H,3-4,6-7,9,11-12,15-16H2,1-2H3,(H,25,28)/t17-,19-,21+/m0/s1. The van der Waals surface area contributed by atoms with Gasteiger partial charge in [-0.1, -0.05) is 37.1 Å². The zero-order chi connectivity index (χ0) is 20.9. The molecule has 1 N–H and O–H groups in total. The third-order valence-electron chi connectivity index (χ3n) is 6.64. The molecule has 0 radical (unpaired) electrons. The topological polar surface area (TPSA) is 67.6 Å². The monoisotopic (exact) mass is 411 g/mol. The molecule has 1 saturated carbocycles. The Morgan fingerprint density at radius 2 is 2.10 bits per heavy atom. The summed E-state index contributed by atoms with van der Waals surface area (Å²) in [6.07, 6.45) is 6.86. The SMILES string of the molecule is COc1cccc(CN2CCC[C@H](c3cc(C(=O)N[C@@H]4CCCC[C@@H]4C)on3)C2)c1. The summed E-state index contributed by atoms with van der Waals surface area (Å²) < 4.78 is 10.8. The van der Waals surface area contributed by atoms with Crippen LogP contribution in [-0.4, -0.2) is 42.2 Å². The molecule has 1 aromatic carbocycles. The van der Waals surface area contributed by atoms with E-state index in [9.17, 15) is 4.79 Å². The predicted octanol–water partition coefficient (Wildman–Crippen LogP) is 4.37. The van der Waals surface area contributed by atoms with Crippen molar-refractivity contribution < 1.29 is 14.1 Å². The van der Waals surface area contributed by atoms with Crippen molar-refractivity contribution in [2.45, 2.75) is 64.0 Å². The van der Waals surface area contributed by atoms with Gasteiger partial charge in [-0.05, 0) is 55.8 Å². The molecule has 6 nitrogen and oxygen atoms in total. The first-order chi connectivity index (χ1) is 14.6. The van der Waals surface area contributed by atoms with Crippen molar-refractivity contribution in [3.8, 4) is 5.75 Å². The van der Waals surface area contributed by atoms with E-state index in [1.54, 1.807) is 7.11 Å². The molecule has 30 heavy (non-hydrogen) atoms. The largest absolute Gasteiger partial charge is 0.497 e. The Bertz CT molecular complexity index is 850. The van der Waals surface area contributed by atoms with E-state index in [-0.39, 0.29) is 11.9 Å². The molecule has 2 aromatic rings. The number of carbonyl (C=O) groups excluding carboxylic acids is 1. The van der Waals surface area contributed by atoms with Gasteiger partial charge in [-0.2, -0.15) is 0 Å². The van der Waals surface area contributed by atoms with Gasteiger partial charge in [0.05, 0.1) is 12.8 Å². The minimum absolute atomic E-state index is 0.128. The van der Waals surface area contributed by atoms with E-state index in [4.69, 9.17) is 9.26 Å². The average molecular weight is 412 g/mol. The van der Waals surface area contributed by atoms with E-state index in [0.29, 0.717) is 17.6 Å². The predicted molar refractivity (Wildman–Crippen MR) is 116 cm³/mol. The molecule has 6 heteroatoms. The molecule has 3 atom stereocenters. The zero-order valence-electron chi connectivity index (χ0n) is 18.1. The molecule has 1 amide bonds. The van der Waals surface area contributed by atoms with Crippen molar-refractivity contribution in [3.05, 3.63) is 47.3 Å². The lowest BCUT2D eigenvalue weighted by molar-refractivity contribution is 0.0872. The van der Waals surface area contributed by atoms with Gasteiger partial charge in [-0.3, -0.25) is 9.69 Å². The molecule has 0 spiro atoms. The third kappa shape index (κ3) is 5.04. The molecule has 0 unspecified atom stereocenters. The summed E-state index contributed by atoms with van der Waals surface area (Å²) >= 11 is 0. The van der Waals surface area contributed by atoms with Crippen LogP contribution in [0.15, 0.2) is 34.9 Å². The summed E-state index contributed by atoms with van der Waals surface area (Å²) in [6.45, 7) is 5.09. The number of hydrogen-bond donors (Lipinski definition) is 1. The van der Waals surface area contributed by atoms with Gasteiger partial charge >= 0.3 is 0 Å². The summed E-state index contributed by atoms with van der Waals surface area (Å²) in [5.41, 5.74) is 2.14. The number of hydrogen-bond acceptors (Lipinski definition) is 5. The van der Waals surface area contributed by atoms with E-state index in [1.807, 2.05) is 18.2 Å². The van der Waals surface area contributed by atoms with Crippen molar-refractivity contribution >= 4 is 5.91 Å². The summed E-state index contributed by atoms with van der Waals surface area (Å²) in [5, 5.41) is 7.42. The molecule has 4 rings (SSSR count). The van der Waals surface area contributed by atoms with Gasteiger partial charge in [0.1, 0.15) is 5.75 Å². The number of aromatic nitrogens is 1. The zero-order valence-corrected chi connectivity index (χ0v) is 18.1. The van der Waals surface area contributed by atoms with Gasteiger partial charge < -0.3 is 14.6 Å². The third-order valence-corrected chi connectivity index (χ3v) is 6.64. The molecule has 1 saturated heterocycles. The van der Waals surface area contributed by atoms with Crippen LogP contribution in [0.2, 0.25) is 0 Å². The fourth-order valence-electron chi connectivity index (χ4n) is 4.83. The van der Waals surface area contributed by atoms with Crippen LogP contribution in [0.1, 0.15) is 73.2 Å². The molecule has 2 aliphatic rings. The van der Waals surface area contributed by atoms with Crippen LogP contribution in [0, 0.1) is 5.92 Å². The van der Waals surface area contributed by atoms with Crippen molar-refractivity contribution in [1.82, 2.24) is 15.4 Å². The highest BCUT2D eigenvalue weighted by atomic mass is 16.5. The van der Waals surface area contributed by atoms with Gasteiger partial charge in [0.25, 0.3) is 5.91 Å². The maximum atomic E-state index is 12.7. The summed E-state index contributed by atoms with van der Waals surface area (Å²) in [7, 11) is 1.70. The highest BCUT2D eigenvalue weighted by Crippen LogP contribution is 2.28. The Hall–Kier alpha value is -2.34. The smallest absolute Gasteiger partial charge is 0.290 e. The van der Waals surface area contributed by atoms with Gasteiger partial charge in [-0.15, -0.1) is 0 Å². The first kappa shape index (κ1) is 20.9. The number of carbonyl (C=O) groups is 1. The maximum absolute atomic E-state index is 12.7. The van der Waals surface area contributed by atoms with Crippen molar-refractivity contribution in [1.29, 1.82) is 0 Å². The van der Waals surface area contributed by atoms with E-state index < -0.39 is 0 Å². The van der Waals surface area contributed by atoms with Gasteiger partial charge in [0.2, 0.25) is 5.76 Å². The number of ether oxygens (including phenoxy) is 1. The number of rotatable bonds is 6. The fourth-order valence-corrected chi connectivity index (χ4v) is 4.83. The second kappa shape index (κ2) is 9.65. The molecule has 0 bridgehead atoms. The molecule has 2 heterocycles. The van der Waals surface area contributed by atoms with Crippen LogP contribution >= 0.6 is 0 Å². The average Bonchev–Trinajstić information content (AvgIpc) is 3.26. The first-order valence-corrected chi connectivity index (χ1v) is 11.2. The number of methoxy groups -OCH3 is 1. The summed E-state index contributed by atoms with van der Waals surface area (Å²) in [4.78, 5) is 15.1. The fraction of sp³-hybridized carbons (Fsp3) is 0.583.